The molecule has 128 valence electrons. The molecule has 0 N–H and O–H groups in total. The molecule has 0 bridgehead atoms. The van der Waals surface area contributed by atoms with Crippen LogP contribution < -0.4 is 0 Å². The summed E-state index contributed by atoms with van der Waals surface area (Å²) in [6.45, 7) is 3.23. The first-order valence-electron chi connectivity index (χ1n) is 8.23. The first-order valence-corrected chi connectivity index (χ1v) is 9.55. The number of ketones is 1. The molecule has 2 aromatic carbocycles. The third-order valence-corrected chi connectivity index (χ3v) is 5.06. The van der Waals surface area contributed by atoms with Gasteiger partial charge in [0.05, 0.1) is 23.2 Å². The molecular formula is C20H24O3S. The number of hydrogen-bond donors (Lipinski definition) is 0. The molecule has 24 heavy (non-hydrogen) atoms. The van der Waals surface area contributed by atoms with Crippen molar-refractivity contribution < 1.29 is 13.7 Å². The van der Waals surface area contributed by atoms with E-state index in [0.717, 1.165) is 28.9 Å². The Morgan fingerprint density at radius 3 is 2.42 bits per heavy atom. The quantitative estimate of drug-likeness (QED) is 0.611. The Bertz CT molecular complexity index is 650. The molecule has 2 aromatic rings. The van der Waals surface area contributed by atoms with Crippen molar-refractivity contribution in [2.45, 2.75) is 37.7 Å². The fraction of sp³-hybridized carbons (Fsp3) is 0.350. The Hall–Kier alpha value is -1.78. The van der Waals surface area contributed by atoms with Crippen molar-refractivity contribution in [3.05, 3.63) is 65.7 Å². The Kier molecular flexibility index (Phi) is 7.86. The number of carbonyl (C=O) groups excluding carboxylic acids is 1. The molecule has 0 amide bonds. The van der Waals surface area contributed by atoms with Crippen molar-refractivity contribution in [3.63, 3.8) is 0 Å². The van der Waals surface area contributed by atoms with Crippen LogP contribution in [-0.2, 0) is 26.9 Å². The summed E-state index contributed by atoms with van der Waals surface area (Å²) in [5, 5.41) is 0. The molecule has 0 fully saturated rings. The van der Waals surface area contributed by atoms with Crippen molar-refractivity contribution in [2.75, 3.05) is 12.4 Å². The van der Waals surface area contributed by atoms with Gasteiger partial charge in [0.25, 0.3) is 0 Å². The summed E-state index contributed by atoms with van der Waals surface area (Å²) >= 11 is 0. The van der Waals surface area contributed by atoms with E-state index in [2.05, 4.69) is 0 Å². The average Bonchev–Trinajstić information content (AvgIpc) is 2.59. The number of Topliss-reactive ketones (excluding diaryl/α,β-unsaturated/α-hetero) is 1. The van der Waals surface area contributed by atoms with Gasteiger partial charge in [-0.05, 0) is 37.5 Å². The average molecular weight is 344 g/mol. The second kappa shape index (κ2) is 10.2. The van der Waals surface area contributed by atoms with E-state index >= 15 is 0 Å². The molecule has 0 aliphatic heterocycles. The number of ether oxygens (including phenoxy) is 1. The number of aryl methyl sites for hydroxylation is 1. The largest absolute Gasteiger partial charge is 0.377 e. The smallest absolute Gasteiger partial charge is 0.145 e. The van der Waals surface area contributed by atoms with Gasteiger partial charge in [-0.25, -0.2) is 0 Å². The van der Waals surface area contributed by atoms with Gasteiger partial charge >= 0.3 is 0 Å². The minimum Gasteiger partial charge on any atom is -0.377 e. The van der Waals surface area contributed by atoms with Crippen molar-refractivity contribution in [3.8, 4) is 0 Å². The predicted octanol–water partition coefficient (Wildman–Crippen LogP) is 4.06. The van der Waals surface area contributed by atoms with Crippen LogP contribution in [0.25, 0.3) is 0 Å². The predicted molar refractivity (Wildman–Crippen MR) is 97.4 cm³/mol. The highest BCUT2D eigenvalue weighted by atomic mass is 32.2. The van der Waals surface area contributed by atoms with Gasteiger partial charge in [-0.3, -0.25) is 9.00 Å². The van der Waals surface area contributed by atoms with Crippen LogP contribution in [0.3, 0.4) is 0 Å². The van der Waals surface area contributed by atoms with Crippen LogP contribution in [0.2, 0.25) is 0 Å². The van der Waals surface area contributed by atoms with Crippen LogP contribution in [0, 0.1) is 6.92 Å². The lowest BCUT2D eigenvalue weighted by Crippen LogP contribution is -2.11. The molecular weight excluding hydrogens is 320 g/mol. The first kappa shape index (κ1) is 18.6. The highest BCUT2D eigenvalue weighted by molar-refractivity contribution is 7.85. The van der Waals surface area contributed by atoms with Crippen LogP contribution in [0.5, 0.6) is 0 Å². The summed E-state index contributed by atoms with van der Waals surface area (Å²) in [5.41, 5.74) is 2.28. The topological polar surface area (TPSA) is 43.4 Å². The lowest BCUT2D eigenvalue weighted by atomic mass is 10.2. The number of rotatable bonds is 10. The second-order valence-corrected chi connectivity index (χ2v) is 7.29. The maximum Gasteiger partial charge on any atom is 0.145 e. The van der Waals surface area contributed by atoms with E-state index in [1.807, 2.05) is 61.5 Å². The fourth-order valence-corrected chi connectivity index (χ4v) is 3.33. The van der Waals surface area contributed by atoms with Gasteiger partial charge in [-0.1, -0.05) is 48.0 Å². The summed E-state index contributed by atoms with van der Waals surface area (Å²) < 4.78 is 17.7. The van der Waals surface area contributed by atoms with Crippen LogP contribution in [0.4, 0.5) is 0 Å². The molecule has 0 heterocycles. The molecule has 4 heteroatoms. The maximum absolute atomic E-state index is 12.1. The minimum absolute atomic E-state index is 0.0527. The zero-order valence-corrected chi connectivity index (χ0v) is 14.9. The van der Waals surface area contributed by atoms with E-state index < -0.39 is 10.8 Å². The SMILES string of the molecule is Cc1ccc([S@](=O)CC(=O)CCCCOCc2ccccc2)cc1. The zero-order chi connectivity index (χ0) is 17.2. The van der Waals surface area contributed by atoms with E-state index in [1.54, 1.807) is 0 Å². The maximum atomic E-state index is 12.1. The van der Waals surface area contributed by atoms with Crippen LogP contribution in [0.1, 0.15) is 30.4 Å². The zero-order valence-electron chi connectivity index (χ0n) is 14.1. The second-order valence-electron chi connectivity index (χ2n) is 5.84. The number of unbranched alkanes of at least 4 members (excludes halogenated alkanes) is 1. The number of hydrogen-bond acceptors (Lipinski definition) is 3. The molecule has 0 saturated heterocycles. The Balaban J connectivity index is 1.58. The van der Waals surface area contributed by atoms with Crippen LogP contribution >= 0.6 is 0 Å². The van der Waals surface area contributed by atoms with Crippen molar-refractivity contribution >= 4 is 16.6 Å². The van der Waals surface area contributed by atoms with Crippen molar-refractivity contribution in [1.82, 2.24) is 0 Å². The lowest BCUT2D eigenvalue weighted by molar-refractivity contribution is -0.116. The van der Waals surface area contributed by atoms with Crippen molar-refractivity contribution in [1.29, 1.82) is 0 Å². The van der Waals surface area contributed by atoms with E-state index in [-0.39, 0.29) is 11.5 Å². The molecule has 0 unspecified atom stereocenters. The van der Waals surface area contributed by atoms with Crippen LogP contribution in [0.15, 0.2) is 59.5 Å². The normalized spacial score (nSPS) is 12.0. The van der Waals surface area contributed by atoms with Gasteiger partial charge in [0, 0.05) is 17.9 Å². The monoisotopic (exact) mass is 344 g/mol. The summed E-state index contributed by atoms with van der Waals surface area (Å²) in [7, 11) is -1.24. The van der Waals surface area contributed by atoms with E-state index in [0.29, 0.717) is 19.6 Å². The Morgan fingerprint density at radius 1 is 1.00 bits per heavy atom. The molecule has 0 spiro atoms. The first-order chi connectivity index (χ1) is 11.6. The molecule has 2 rings (SSSR count). The highest BCUT2D eigenvalue weighted by Gasteiger charge is 2.10. The molecule has 1 atom stereocenters. The molecule has 0 radical (unpaired) electrons. The summed E-state index contributed by atoms with van der Waals surface area (Å²) in [4.78, 5) is 12.6. The molecule has 3 nitrogen and oxygen atoms in total. The molecule has 0 aliphatic carbocycles. The highest BCUT2D eigenvalue weighted by Crippen LogP contribution is 2.10. The number of benzene rings is 2. The van der Waals surface area contributed by atoms with Crippen LogP contribution in [-0.4, -0.2) is 22.4 Å². The van der Waals surface area contributed by atoms with Gasteiger partial charge in [0.2, 0.25) is 0 Å². The van der Waals surface area contributed by atoms with Gasteiger partial charge in [0.15, 0.2) is 0 Å². The van der Waals surface area contributed by atoms with Gasteiger partial charge in [-0.2, -0.15) is 0 Å². The van der Waals surface area contributed by atoms with E-state index in [4.69, 9.17) is 4.74 Å². The van der Waals surface area contributed by atoms with Crippen molar-refractivity contribution in [2.24, 2.45) is 0 Å². The summed E-state index contributed by atoms with van der Waals surface area (Å²) in [5.74, 6) is 0.158. The lowest BCUT2D eigenvalue weighted by Gasteiger charge is -2.05. The van der Waals surface area contributed by atoms with E-state index in [9.17, 15) is 9.00 Å². The minimum atomic E-state index is -1.24. The summed E-state index contributed by atoms with van der Waals surface area (Å²) in [6.07, 6.45) is 2.08. The van der Waals surface area contributed by atoms with Gasteiger partial charge in [0.1, 0.15) is 5.78 Å². The van der Waals surface area contributed by atoms with E-state index in [1.165, 1.54) is 0 Å². The standard InChI is InChI=1S/C20H24O3S/c1-17-10-12-20(13-11-17)24(22)16-19(21)9-5-6-14-23-15-18-7-3-2-4-8-18/h2-4,7-8,10-13H,5-6,9,14-16H2,1H3/t24-/m1/s1. The number of carbonyl (C=O) groups is 1. The Labute approximate surface area is 146 Å². The molecule has 0 aliphatic rings. The molecule has 0 aromatic heterocycles. The summed E-state index contributed by atoms with van der Waals surface area (Å²) in [6, 6.07) is 17.5. The third kappa shape index (κ3) is 6.77. The Morgan fingerprint density at radius 2 is 1.71 bits per heavy atom. The molecule has 0 saturated carbocycles. The van der Waals surface area contributed by atoms with Gasteiger partial charge in [-0.15, -0.1) is 0 Å². The third-order valence-electron chi connectivity index (χ3n) is 3.68. The van der Waals surface area contributed by atoms with Gasteiger partial charge < -0.3 is 4.74 Å². The fourth-order valence-electron chi connectivity index (χ4n) is 2.28.